The van der Waals surface area contributed by atoms with Crippen LogP contribution >= 0.6 is 24.0 Å². The van der Waals surface area contributed by atoms with E-state index in [4.69, 9.17) is 18.0 Å². The van der Waals surface area contributed by atoms with Gasteiger partial charge in [-0.15, -0.1) is 0 Å². The molecule has 0 saturated heterocycles. The number of thioether (sulfide) groups is 1. The molecule has 0 radical (unpaired) electrons. The highest BCUT2D eigenvalue weighted by atomic mass is 32.2. The highest BCUT2D eigenvalue weighted by Gasteiger charge is 2.23. The molecule has 0 atom stereocenters. The molecular weight excluding hydrogens is 308 g/mol. The van der Waals surface area contributed by atoms with E-state index in [1.807, 2.05) is 24.3 Å². The monoisotopic (exact) mass is 326 g/mol. The molecular formula is C18H18N2S2. The summed E-state index contributed by atoms with van der Waals surface area (Å²) in [5.41, 5.74) is 9.62. The van der Waals surface area contributed by atoms with Crippen LogP contribution in [0, 0.1) is 6.92 Å². The van der Waals surface area contributed by atoms with Crippen LogP contribution in [0.1, 0.15) is 35.4 Å². The Kier molecular flexibility index (Phi) is 4.60. The van der Waals surface area contributed by atoms with Gasteiger partial charge in [-0.1, -0.05) is 65.9 Å². The molecule has 3 rings (SSSR count). The van der Waals surface area contributed by atoms with Gasteiger partial charge in [0.25, 0.3) is 0 Å². The number of hydrogen-bond donors (Lipinski definition) is 1. The molecule has 2 aromatic rings. The van der Waals surface area contributed by atoms with Crippen molar-refractivity contribution in [1.29, 1.82) is 0 Å². The molecule has 2 nitrogen and oxygen atoms in total. The van der Waals surface area contributed by atoms with Gasteiger partial charge in [-0.25, -0.2) is 4.99 Å². The number of amidine groups is 1. The molecule has 112 valence electrons. The maximum atomic E-state index is 6.06. The molecule has 1 fully saturated rings. The fourth-order valence-corrected chi connectivity index (χ4v) is 3.24. The van der Waals surface area contributed by atoms with Crippen molar-refractivity contribution in [1.82, 2.24) is 0 Å². The van der Waals surface area contributed by atoms with E-state index >= 15 is 0 Å². The van der Waals surface area contributed by atoms with Crippen molar-refractivity contribution in [2.24, 2.45) is 10.7 Å². The van der Waals surface area contributed by atoms with Gasteiger partial charge >= 0.3 is 0 Å². The first kappa shape index (κ1) is 15.3. The molecule has 2 aromatic carbocycles. The molecule has 2 N–H and O–H groups in total. The second-order valence-electron chi connectivity index (χ2n) is 5.57. The zero-order valence-electron chi connectivity index (χ0n) is 12.5. The Morgan fingerprint density at radius 1 is 1.09 bits per heavy atom. The zero-order valence-corrected chi connectivity index (χ0v) is 14.1. The lowest BCUT2D eigenvalue weighted by Gasteiger charge is -2.04. The lowest BCUT2D eigenvalue weighted by molar-refractivity contribution is 1.13. The van der Waals surface area contributed by atoms with Gasteiger partial charge in [-0.05, 0) is 43.4 Å². The minimum absolute atomic E-state index is 0.479. The average molecular weight is 326 g/mol. The van der Waals surface area contributed by atoms with E-state index in [2.05, 4.69) is 36.2 Å². The molecule has 0 heterocycles. The first-order chi connectivity index (χ1) is 10.6. The summed E-state index contributed by atoms with van der Waals surface area (Å²) < 4.78 is 0.535. The van der Waals surface area contributed by atoms with Crippen molar-refractivity contribution >= 4 is 34.1 Å². The van der Waals surface area contributed by atoms with Crippen molar-refractivity contribution in [3.05, 3.63) is 65.2 Å². The number of thiocarbonyl (C=S) groups is 1. The molecule has 1 saturated carbocycles. The summed E-state index contributed by atoms with van der Waals surface area (Å²) in [5.74, 6) is 1.23. The molecule has 0 unspecified atom stereocenters. The smallest absolute Gasteiger partial charge is 0.166 e. The van der Waals surface area contributed by atoms with Crippen LogP contribution in [0.4, 0.5) is 0 Å². The Labute approximate surface area is 140 Å². The summed E-state index contributed by atoms with van der Waals surface area (Å²) in [6.45, 7) is 2.06. The summed E-state index contributed by atoms with van der Waals surface area (Å²) >= 11 is 6.78. The van der Waals surface area contributed by atoms with Crippen LogP contribution in [0.2, 0.25) is 0 Å². The summed E-state index contributed by atoms with van der Waals surface area (Å²) in [7, 11) is 0. The van der Waals surface area contributed by atoms with Crippen LogP contribution in [0.25, 0.3) is 0 Å². The van der Waals surface area contributed by atoms with Crippen LogP contribution < -0.4 is 5.73 Å². The van der Waals surface area contributed by atoms with Gasteiger partial charge in [-0.3, -0.25) is 0 Å². The maximum Gasteiger partial charge on any atom is 0.166 e. The summed E-state index contributed by atoms with van der Waals surface area (Å²) in [6, 6.07) is 16.6. The van der Waals surface area contributed by atoms with Crippen molar-refractivity contribution in [2.45, 2.75) is 30.6 Å². The molecule has 0 spiro atoms. The number of nitrogens with two attached hydrogens (primary N) is 1. The van der Waals surface area contributed by atoms with Gasteiger partial charge in [0.05, 0.1) is 0 Å². The Hall–Kier alpha value is -1.65. The van der Waals surface area contributed by atoms with Gasteiger partial charge in [0.15, 0.2) is 4.32 Å². The van der Waals surface area contributed by atoms with Gasteiger partial charge in [0, 0.05) is 10.5 Å². The van der Waals surface area contributed by atoms with Gasteiger partial charge in [0.1, 0.15) is 5.84 Å². The normalized spacial score (nSPS) is 14.9. The largest absolute Gasteiger partial charge is 0.383 e. The summed E-state index contributed by atoms with van der Waals surface area (Å²) in [5, 5.41) is 0. The van der Waals surface area contributed by atoms with Crippen molar-refractivity contribution in [2.75, 3.05) is 0 Å². The van der Waals surface area contributed by atoms with Crippen molar-refractivity contribution < 1.29 is 0 Å². The fourth-order valence-electron chi connectivity index (χ4n) is 2.24. The lowest BCUT2D eigenvalue weighted by Crippen LogP contribution is -2.14. The second kappa shape index (κ2) is 6.63. The van der Waals surface area contributed by atoms with Crippen LogP contribution in [0.15, 0.2) is 58.4 Å². The van der Waals surface area contributed by atoms with Gasteiger partial charge < -0.3 is 5.73 Å². The first-order valence-corrected chi connectivity index (χ1v) is 8.57. The van der Waals surface area contributed by atoms with E-state index in [1.165, 1.54) is 35.7 Å². The van der Waals surface area contributed by atoms with Crippen LogP contribution in [-0.2, 0) is 0 Å². The zero-order chi connectivity index (χ0) is 15.5. The highest BCUT2D eigenvalue weighted by molar-refractivity contribution is 8.23. The van der Waals surface area contributed by atoms with Crippen LogP contribution in [-0.4, -0.2) is 10.2 Å². The molecule has 1 aliphatic rings. The Balaban J connectivity index is 1.67. The van der Waals surface area contributed by atoms with Crippen LogP contribution in [0.5, 0.6) is 0 Å². The Bertz CT molecular complexity index is 699. The van der Waals surface area contributed by atoms with E-state index in [1.54, 1.807) is 0 Å². The van der Waals surface area contributed by atoms with Gasteiger partial charge in [0.2, 0.25) is 0 Å². The van der Waals surface area contributed by atoms with E-state index in [9.17, 15) is 0 Å². The number of benzene rings is 2. The molecule has 0 aliphatic heterocycles. The Morgan fingerprint density at radius 3 is 2.32 bits per heavy atom. The summed E-state index contributed by atoms with van der Waals surface area (Å²) in [6.07, 6.45) is 2.61. The van der Waals surface area contributed by atoms with E-state index in [0.29, 0.717) is 10.2 Å². The molecule has 0 amide bonds. The van der Waals surface area contributed by atoms with Crippen LogP contribution in [0.3, 0.4) is 0 Å². The van der Waals surface area contributed by atoms with Crippen molar-refractivity contribution in [3.8, 4) is 0 Å². The first-order valence-electron chi connectivity index (χ1n) is 7.35. The van der Waals surface area contributed by atoms with Gasteiger partial charge in [-0.2, -0.15) is 0 Å². The van der Waals surface area contributed by atoms with E-state index in [-0.39, 0.29) is 0 Å². The third-order valence-electron chi connectivity index (χ3n) is 3.69. The Morgan fingerprint density at radius 2 is 1.73 bits per heavy atom. The standard InChI is InChI=1S/C18H18N2S2/c1-12-2-10-16(11-3-12)22-18(21)20-17(19)15-8-6-14(7-9-15)13-4-5-13/h2-3,6-11,13H,4-5H2,1H3,(H2,19,20,21). The topological polar surface area (TPSA) is 38.4 Å². The fraction of sp³-hybridized carbons (Fsp3) is 0.222. The number of nitrogens with zero attached hydrogens (tertiary/aromatic N) is 1. The number of rotatable bonds is 3. The number of aryl methyl sites for hydroxylation is 1. The predicted octanol–water partition coefficient (Wildman–Crippen LogP) is 4.65. The number of aliphatic imine (C=N–C) groups is 1. The van der Waals surface area contributed by atoms with Crippen molar-refractivity contribution in [3.63, 3.8) is 0 Å². The van der Waals surface area contributed by atoms with E-state index < -0.39 is 0 Å². The minimum Gasteiger partial charge on any atom is -0.383 e. The quantitative estimate of drug-likeness (QED) is 0.386. The lowest BCUT2D eigenvalue weighted by atomic mass is 10.1. The molecule has 0 bridgehead atoms. The number of hydrogen-bond acceptors (Lipinski definition) is 2. The molecule has 0 aromatic heterocycles. The summed E-state index contributed by atoms with van der Waals surface area (Å²) in [4.78, 5) is 5.42. The van der Waals surface area contributed by atoms with E-state index in [0.717, 1.165) is 16.4 Å². The molecule has 4 heteroatoms. The predicted molar refractivity (Wildman–Crippen MR) is 98.8 cm³/mol. The second-order valence-corrected chi connectivity index (χ2v) is 7.28. The molecule has 22 heavy (non-hydrogen) atoms. The third kappa shape index (κ3) is 3.96. The SMILES string of the molecule is Cc1ccc(SC(=S)/N=C(\N)c2ccc(C3CC3)cc2)cc1. The maximum absolute atomic E-state index is 6.06. The third-order valence-corrected chi connectivity index (χ3v) is 4.81. The average Bonchev–Trinajstić information content (AvgIpc) is 3.34. The molecule has 1 aliphatic carbocycles. The minimum atomic E-state index is 0.479. The highest BCUT2D eigenvalue weighted by Crippen LogP contribution is 2.39.